The van der Waals surface area contributed by atoms with Crippen LogP contribution in [0, 0.1) is 6.92 Å². The molecule has 2 aromatic rings. The topological polar surface area (TPSA) is 61.2 Å². The maximum absolute atomic E-state index is 13.0. The highest BCUT2D eigenvalue weighted by Crippen LogP contribution is 2.33. The lowest BCUT2D eigenvalue weighted by Crippen LogP contribution is -2.18. The van der Waals surface area contributed by atoms with Gasteiger partial charge in [-0.3, -0.25) is 0 Å². The van der Waals surface area contributed by atoms with Crippen molar-refractivity contribution in [1.82, 2.24) is 8.96 Å². The zero-order valence-corrected chi connectivity index (χ0v) is 15.4. The first-order valence-corrected chi connectivity index (χ1v) is 9.04. The van der Waals surface area contributed by atoms with E-state index in [4.69, 9.17) is 4.74 Å². The molecule has 0 radical (unpaired) electrons. The molecule has 5 nitrogen and oxygen atoms in total. The first-order chi connectivity index (χ1) is 10.6. The van der Waals surface area contributed by atoms with E-state index in [0.717, 1.165) is 5.56 Å². The second kappa shape index (κ2) is 6.00. The number of nitrogens with zero attached hydrogens (tertiary/aromatic N) is 2. The number of rotatable bonds is 4. The Morgan fingerprint density at radius 2 is 1.91 bits per heavy atom. The molecule has 0 spiro atoms. The average molecular weight is 336 g/mol. The summed E-state index contributed by atoms with van der Waals surface area (Å²) in [5, 5.41) is 0. The summed E-state index contributed by atoms with van der Waals surface area (Å²) in [6, 6.07) is 4.99. The van der Waals surface area contributed by atoms with Gasteiger partial charge in [-0.25, -0.2) is 17.4 Å². The molecule has 126 valence electrons. The molecule has 23 heavy (non-hydrogen) atoms. The van der Waals surface area contributed by atoms with E-state index < -0.39 is 10.0 Å². The summed E-state index contributed by atoms with van der Waals surface area (Å²) in [6.07, 6.45) is 2.12. The highest BCUT2D eigenvalue weighted by molar-refractivity contribution is 7.90. The van der Waals surface area contributed by atoms with Gasteiger partial charge < -0.3 is 4.74 Å². The van der Waals surface area contributed by atoms with Crippen LogP contribution in [0.2, 0.25) is 0 Å². The standard InChI is InChI=1S/C17H24N2O3S/c1-7-16-18-12(2)11-19(16)23(20,21)13-8-9-15(22-6)14(10-13)17(3,4)5/h8-11H,7H2,1-6H3. The first kappa shape index (κ1) is 17.5. The van der Waals surface area contributed by atoms with Crippen LogP contribution in [0.4, 0.5) is 0 Å². The van der Waals surface area contributed by atoms with Crippen LogP contribution in [-0.4, -0.2) is 24.5 Å². The monoisotopic (exact) mass is 336 g/mol. The van der Waals surface area contributed by atoms with Gasteiger partial charge >= 0.3 is 0 Å². The predicted molar refractivity (Wildman–Crippen MR) is 90.6 cm³/mol. The number of ether oxygens (including phenoxy) is 1. The van der Waals surface area contributed by atoms with Crippen molar-refractivity contribution in [2.45, 2.75) is 51.3 Å². The molecule has 0 bridgehead atoms. The number of hydrogen-bond acceptors (Lipinski definition) is 4. The van der Waals surface area contributed by atoms with Gasteiger partial charge in [-0.05, 0) is 30.5 Å². The minimum absolute atomic E-state index is 0.227. The van der Waals surface area contributed by atoms with Gasteiger partial charge in [-0.1, -0.05) is 27.7 Å². The third-order valence-corrected chi connectivity index (χ3v) is 5.40. The summed E-state index contributed by atoms with van der Waals surface area (Å²) >= 11 is 0. The minimum Gasteiger partial charge on any atom is -0.496 e. The van der Waals surface area contributed by atoms with Crippen LogP contribution in [0.5, 0.6) is 5.75 Å². The summed E-state index contributed by atoms with van der Waals surface area (Å²) in [7, 11) is -2.08. The normalized spacial score (nSPS) is 12.4. The number of aryl methyl sites for hydroxylation is 2. The largest absolute Gasteiger partial charge is 0.496 e. The molecule has 0 fully saturated rings. The summed E-state index contributed by atoms with van der Waals surface area (Å²) in [5.74, 6) is 1.23. The summed E-state index contributed by atoms with van der Waals surface area (Å²) < 4.78 is 32.6. The lowest BCUT2D eigenvalue weighted by Gasteiger charge is -2.23. The van der Waals surface area contributed by atoms with Crippen LogP contribution in [0.3, 0.4) is 0 Å². The van der Waals surface area contributed by atoms with Crippen LogP contribution in [0.1, 0.15) is 44.8 Å². The van der Waals surface area contributed by atoms with Crippen molar-refractivity contribution in [3.63, 3.8) is 0 Å². The number of benzene rings is 1. The molecule has 0 aliphatic heterocycles. The Morgan fingerprint density at radius 1 is 1.26 bits per heavy atom. The molecule has 0 saturated heterocycles. The van der Waals surface area contributed by atoms with Crippen molar-refractivity contribution in [2.24, 2.45) is 0 Å². The molecule has 0 atom stereocenters. The van der Waals surface area contributed by atoms with E-state index in [1.165, 1.54) is 3.97 Å². The maximum Gasteiger partial charge on any atom is 0.269 e. The molecule has 6 heteroatoms. The van der Waals surface area contributed by atoms with Crippen molar-refractivity contribution in [2.75, 3.05) is 7.11 Å². The molecule has 0 unspecified atom stereocenters. The fraction of sp³-hybridized carbons (Fsp3) is 0.471. The van der Waals surface area contributed by atoms with Crippen molar-refractivity contribution in [3.05, 3.63) is 41.5 Å². The number of hydrogen-bond donors (Lipinski definition) is 0. The molecule has 1 aromatic heterocycles. The highest BCUT2D eigenvalue weighted by Gasteiger charge is 2.25. The van der Waals surface area contributed by atoms with Crippen LogP contribution in [-0.2, 0) is 21.9 Å². The SMILES string of the molecule is CCc1nc(C)cn1S(=O)(=O)c1ccc(OC)c(C(C)(C)C)c1. The van der Waals surface area contributed by atoms with Crippen molar-refractivity contribution >= 4 is 10.0 Å². The molecular formula is C17H24N2O3S. The fourth-order valence-electron chi connectivity index (χ4n) is 2.52. The minimum atomic E-state index is -3.67. The third-order valence-electron chi connectivity index (χ3n) is 3.72. The van der Waals surface area contributed by atoms with Gasteiger partial charge in [0.1, 0.15) is 11.6 Å². The van der Waals surface area contributed by atoms with Crippen LogP contribution < -0.4 is 4.74 Å². The summed E-state index contributed by atoms with van der Waals surface area (Å²) in [6.45, 7) is 9.77. The molecule has 0 amide bonds. The predicted octanol–water partition coefficient (Wildman–Crippen LogP) is 3.30. The van der Waals surface area contributed by atoms with Gasteiger partial charge in [-0.15, -0.1) is 0 Å². The summed E-state index contributed by atoms with van der Waals surface area (Å²) in [5.41, 5.74) is 1.32. The Labute approximate surface area is 138 Å². The molecule has 1 heterocycles. The van der Waals surface area contributed by atoms with Crippen LogP contribution >= 0.6 is 0 Å². The van der Waals surface area contributed by atoms with E-state index in [2.05, 4.69) is 4.98 Å². The first-order valence-electron chi connectivity index (χ1n) is 7.60. The second-order valence-electron chi connectivity index (χ2n) is 6.57. The number of aromatic nitrogens is 2. The average Bonchev–Trinajstić information content (AvgIpc) is 2.87. The molecule has 0 aliphatic rings. The maximum atomic E-state index is 13.0. The number of methoxy groups -OCH3 is 1. The Morgan fingerprint density at radius 3 is 2.43 bits per heavy atom. The Balaban J connectivity index is 2.65. The lowest BCUT2D eigenvalue weighted by atomic mass is 9.86. The van der Waals surface area contributed by atoms with Crippen molar-refractivity contribution < 1.29 is 13.2 Å². The van der Waals surface area contributed by atoms with Crippen LogP contribution in [0.15, 0.2) is 29.3 Å². The molecular weight excluding hydrogens is 312 g/mol. The summed E-state index contributed by atoms with van der Waals surface area (Å²) in [4.78, 5) is 4.53. The van der Waals surface area contributed by atoms with Gasteiger partial charge in [0.15, 0.2) is 0 Å². The third kappa shape index (κ3) is 3.27. The molecule has 0 N–H and O–H groups in total. The zero-order chi connectivity index (χ0) is 17.4. The van der Waals surface area contributed by atoms with Gasteiger partial charge in [0.2, 0.25) is 0 Å². The molecule has 1 aromatic carbocycles. The quantitative estimate of drug-likeness (QED) is 0.859. The molecule has 0 aliphatic carbocycles. The lowest BCUT2D eigenvalue weighted by molar-refractivity contribution is 0.397. The van der Waals surface area contributed by atoms with E-state index >= 15 is 0 Å². The van der Waals surface area contributed by atoms with E-state index in [1.807, 2.05) is 27.7 Å². The van der Waals surface area contributed by atoms with Crippen LogP contribution in [0.25, 0.3) is 0 Å². The van der Waals surface area contributed by atoms with Crippen molar-refractivity contribution in [3.8, 4) is 5.75 Å². The van der Waals surface area contributed by atoms with Gasteiger partial charge in [0.25, 0.3) is 10.0 Å². The Kier molecular flexibility index (Phi) is 4.57. The molecule has 0 saturated carbocycles. The van der Waals surface area contributed by atoms with E-state index in [1.54, 1.807) is 38.4 Å². The number of imidazole rings is 1. The fourth-order valence-corrected chi connectivity index (χ4v) is 3.99. The van der Waals surface area contributed by atoms with E-state index in [0.29, 0.717) is 23.7 Å². The van der Waals surface area contributed by atoms with Gasteiger partial charge in [-0.2, -0.15) is 0 Å². The Bertz CT molecular complexity index is 815. The van der Waals surface area contributed by atoms with E-state index in [-0.39, 0.29) is 10.3 Å². The van der Waals surface area contributed by atoms with E-state index in [9.17, 15) is 8.42 Å². The zero-order valence-electron chi connectivity index (χ0n) is 14.5. The Hall–Kier alpha value is -1.82. The smallest absolute Gasteiger partial charge is 0.269 e. The second-order valence-corrected chi connectivity index (χ2v) is 8.38. The molecule has 2 rings (SSSR count). The van der Waals surface area contributed by atoms with Gasteiger partial charge in [0, 0.05) is 18.2 Å². The van der Waals surface area contributed by atoms with Gasteiger partial charge in [0.05, 0.1) is 17.7 Å². The highest BCUT2D eigenvalue weighted by atomic mass is 32.2. The van der Waals surface area contributed by atoms with Crippen molar-refractivity contribution in [1.29, 1.82) is 0 Å².